The van der Waals surface area contributed by atoms with Crippen molar-refractivity contribution in [3.63, 3.8) is 0 Å². The molecule has 0 saturated heterocycles. The van der Waals surface area contributed by atoms with E-state index in [1.54, 1.807) is 0 Å². The smallest absolute Gasteiger partial charge is 0.0900 e. The van der Waals surface area contributed by atoms with Crippen molar-refractivity contribution in [2.75, 3.05) is 6.61 Å². The first-order valence-corrected chi connectivity index (χ1v) is 7.59. The molecule has 1 aromatic rings. The zero-order valence-electron chi connectivity index (χ0n) is 10.7. The Balaban J connectivity index is 1.69. The Morgan fingerprint density at radius 1 is 1.50 bits per heavy atom. The fourth-order valence-electron chi connectivity index (χ4n) is 2.99. The molecule has 0 amide bonds. The van der Waals surface area contributed by atoms with E-state index in [1.165, 1.54) is 28.4 Å². The second-order valence-electron chi connectivity index (χ2n) is 5.33. The molecule has 98 valence electrons. The third-order valence-electron chi connectivity index (χ3n) is 3.88. The van der Waals surface area contributed by atoms with E-state index in [0.29, 0.717) is 18.0 Å². The van der Waals surface area contributed by atoms with Crippen LogP contribution in [0.25, 0.3) is 0 Å². The van der Waals surface area contributed by atoms with E-state index in [4.69, 9.17) is 5.11 Å². The molecule has 3 atom stereocenters. The number of aryl methyl sites for hydroxylation is 2. The first-order valence-electron chi connectivity index (χ1n) is 6.77. The highest BCUT2D eigenvalue weighted by Crippen LogP contribution is 2.35. The lowest BCUT2D eigenvalue weighted by molar-refractivity contribution is 0.244. The molecule has 4 heteroatoms. The van der Waals surface area contributed by atoms with Crippen LogP contribution in [0.15, 0.2) is 12.2 Å². The molecule has 18 heavy (non-hydrogen) atoms. The summed E-state index contributed by atoms with van der Waals surface area (Å²) in [6, 6.07) is 0.882. The van der Waals surface area contributed by atoms with Crippen molar-refractivity contribution in [1.29, 1.82) is 0 Å². The molecule has 2 aliphatic carbocycles. The Morgan fingerprint density at radius 3 is 3.17 bits per heavy atom. The van der Waals surface area contributed by atoms with Crippen LogP contribution in [0.2, 0.25) is 0 Å². The van der Waals surface area contributed by atoms with E-state index in [2.05, 4.69) is 29.4 Å². The largest absolute Gasteiger partial charge is 0.396 e. The fraction of sp³-hybridized carbons (Fsp3) is 0.643. The predicted molar refractivity (Wildman–Crippen MR) is 73.8 cm³/mol. The number of hydrogen-bond donors (Lipinski definition) is 2. The van der Waals surface area contributed by atoms with Gasteiger partial charge in [-0.05, 0) is 32.6 Å². The van der Waals surface area contributed by atoms with Crippen LogP contribution in [-0.2, 0) is 6.42 Å². The van der Waals surface area contributed by atoms with Gasteiger partial charge in [-0.25, -0.2) is 4.98 Å². The van der Waals surface area contributed by atoms with Gasteiger partial charge in [0.2, 0.25) is 0 Å². The summed E-state index contributed by atoms with van der Waals surface area (Å²) in [5.41, 5.74) is 1.31. The standard InChI is InChI=1S/C14H20N2OS/c1-9-15-12-3-2-4-13(14(12)18-9)16-11-6-5-10(7-11)8-17/h5-6,10-11,13,16-17H,2-4,7-8H2,1H3/t10-,11+,13-/m0/s1. The second kappa shape index (κ2) is 5.11. The topological polar surface area (TPSA) is 45.2 Å². The first kappa shape index (κ1) is 12.3. The normalized spacial score (nSPS) is 30.7. The van der Waals surface area contributed by atoms with Gasteiger partial charge in [-0.2, -0.15) is 0 Å². The maximum absolute atomic E-state index is 9.16. The molecule has 0 saturated carbocycles. The molecule has 2 N–H and O–H groups in total. The average Bonchev–Trinajstić information content (AvgIpc) is 2.95. The molecule has 0 aliphatic heterocycles. The lowest BCUT2D eigenvalue weighted by Crippen LogP contribution is -2.32. The summed E-state index contributed by atoms with van der Waals surface area (Å²) in [5, 5.41) is 14.1. The number of aromatic nitrogens is 1. The van der Waals surface area contributed by atoms with Gasteiger partial charge in [0.15, 0.2) is 0 Å². The van der Waals surface area contributed by atoms with Crippen LogP contribution in [0, 0.1) is 12.8 Å². The molecule has 0 unspecified atom stereocenters. The molecule has 0 bridgehead atoms. The Morgan fingerprint density at radius 2 is 2.39 bits per heavy atom. The quantitative estimate of drug-likeness (QED) is 0.824. The van der Waals surface area contributed by atoms with Gasteiger partial charge >= 0.3 is 0 Å². The van der Waals surface area contributed by atoms with Crippen LogP contribution < -0.4 is 5.32 Å². The molecule has 3 nitrogen and oxygen atoms in total. The highest BCUT2D eigenvalue weighted by atomic mass is 32.1. The third-order valence-corrected chi connectivity index (χ3v) is 5.01. The highest BCUT2D eigenvalue weighted by molar-refractivity contribution is 7.11. The van der Waals surface area contributed by atoms with Crippen molar-refractivity contribution < 1.29 is 5.11 Å². The van der Waals surface area contributed by atoms with Crippen molar-refractivity contribution in [1.82, 2.24) is 10.3 Å². The molecule has 3 rings (SSSR count). The Kier molecular flexibility index (Phi) is 3.50. The summed E-state index contributed by atoms with van der Waals surface area (Å²) in [7, 11) is 0. The van der Waals surface area contributed by atoms with Crippen molar-refractivity contribution in [2.45, 2.75) is 44.7 Å². The van der Waals surface area contributed by atoms with Crippen LogP contribution in [0.3, 0.4) is 0 Å². The molecule has 0 fully saturated rings. The summed E-state index contributed by atoms with van der Waals surface area (Å²) in [5.74, 6) is 0.341. The van der Waals surface area contributed by atoms with Crippen molar-refractivity contribution in [3.8, 4) is 0 Å². The fourth-order valence-corrected chi connectivity index (χ4v) is 4.06. The minimum atomic E-state index is 0.268. The predicted octanol–water partition coefficient (Wildman–Crippen LogP) is 2.36. The Labute approximate surface area is 112 Å². The number of nitrogens with zero attached hydrogens (tertiary/aromatic N) is 1. The van der Waals surface area contributed by atoms with Gasteiger partial charge in [-0.3, -0.25) is 0 Å². The van der Waals surface area contributed by atoms with Crippen LogP contribution in [0.1, 0.15) is 40.9 Å². The van der Waals surface area contributed by atoms with Crippen LogP contribution >= 0.6 is 11.3 Å². The van der Waals surface area contributed by atoms with E-state index in [0.717, 1.165) is 12.8 Å². The molecular formula is C14H20N2OS. The van der Waals surface area contributed by atoms with Crippen LogP contribution in [0.5, 0.6) is 0 Å². The molecule has 0 radical (unpaired) electrons. The van der Waals surface area contributed by atoms with Gasteiger partial charge in [0.25, 0.3) is 0 Å². The van der Waals surface area contributed by atoms with Crippen molar-refractivity contribution >= 4 is 11.3 Å². The number of aliphatic hydroxyl groups is 1. The lowest BCUT2D eigenvalue weighted by atomic mass is 9.97. The third kappa shape index (κ3) is 2.37. The number of thiazole rings is 1. The number of aliphatic hydroxyl groups excluding tert-OH is 1. The number of nitrogens with one attached hydrogen (secondary N) is 1. The first-order chi connectivity index (χ1) is 8.76. The SMILES string of the molecule is Cc1nc2c(s1)[C@@H](N[C@@H]1C=C[C@H](CO)C1)CCC2. The number of rotatable bonds is 3. The zero-order chi connectivity index (χ0) is 12.5. The van der Waals surface area contributed by atoms with Gasteiger partial charge in [-0.1, -0.05) is 12.2 Å². The molecular weight excluding hydrogens is 244 g/mol. The highest BCUT2D eigenvalue weighted by Gasteiger charge is 2.27. The van der Waals surface area contributed by atoms with Crippen LogP contribution in [0.4, 0.5) is 0 Å². The minimum Gasteiger partial charge on any atom is -0.396 e. The summed E-state index contributed by atoms with van der Waals surface area (Å²) in [6.45, 7) is 2.36. The monoisotopic (exact) mass is 264 g/mol. The van der Waals surface area contributed by atoms with Gasteiger partial charge in [-0.15, -0.1) is 11.3 Å². The Bertz CT molecular complexity index is 455. The van der Waals surface area contributed by atoms with Gasteiger partial charge in [0, 0.05) is 29.5 Å². The van der Waals surface area contributed by atoms with E-state index < -0.39 is 0 Å². The molecule has 2 aliphatic rings. The van der Waals surface area contributed by atoms with Gasteiger partial charge in [0.1, 0.15) is 0 Å². The summed E-state index contributed by atoms with van der Waals surface area (Å²) in [4.78, 5) is 6.07. The van der Waals surface area contributed by atoms with E-state index >= 15 is 0 Å². The second-order valence-corrected chi connectivity index (χ2v) is 6.56. The summed E-state index contributed by atoms with van der Waals surface area (Å²) < 4.78 is 0. The Hall–Kier alpha value is -0.710. The average molecular weight is 264 g/mol. The van der Waals surface area contributed by atoms with Gasteiger partial charge < -0.3 is 10.4 Å². The molecule has 0 spiro atoms. The van der Waals surface area contributed by atoms with Gasteiger partial charge in [0.05, 0.1) is 10.7 Å². The van der Waals surface area contributed by atoms with E-state index in [-0.39, 0.29) is 6.61 Å². The minimum absolute atomic E-state index is 0.268. The molecule has 1 heterocycles. The maximum atomic E-state index is 9.16. The number of fused-ring (bicyclic) bond motifs is 1. The summed E-state index contributed by atoms with van der Waals surface area (Å²) >= 11 is 1.84. The van der Waals surface area contributed by atoms with Crippen molar-refractivity contribution in [2.24, 2.45) is 5.92 Å². The maximum Gasteiger partial charge on any atom is 0.0900 e. The summed E-state index contributed by atoms with van der Waals surface area (Å²) in [6.07, 6.45) is 8.95. The van der Waals surface area contributed by atoms with E-state index in [9.17, 15) is 0 Å². The lowest BCUT2D eigenvalue weighted by Gasteiger charge is -2.25. The van der Waals surface area contributed by atoms with E-state index in [1.807, 2.05) is 11.3 Å². The van der Waals surface area contributed by atoms with Crippen LogP contribution in [-0.4, -0.2) is 22.7 Å². The van der Waals surface area contributed by atoms with Crippen molar-refractivity contribution in [3.05, 3.63) is 27.7 Å². The molecule has 0 aromatic carbocycles. The zero-order valence-corrected chi connectivity index (χ0v) is 11.5. The number of hydrogen-bond acceptors (Lipinski definition) is 4. The molecule has 1 aromatic heterocycles.